The number of piperidine rings is 2. The molecule has 0 radical (unpaired) electrons. The smallest absolute Gasteiger partial charge is 0.0599 e. The second-order valence-corrected chi connectivity index (χ2v) is 6.96. The van der Waals surface area contributed by atoms with E-state index < -0.39 is 0 Å². The summed E-state index contributed by atoms with van der Waals surface area (Å²) in [4.78, 5) is 2.79. The molecule has 1 aliphatic carbocycles. The van der Waals surface area contributed by atoms with E-state index in [0.717, 1.165) is 31.7 Å². The second-order valence-electron chi connectivity index (χ2n) is 6.96. The molecule has 2 aliphatic heterocycles. The molecule has 0 amide bonds. The zero-order chi connectivity index (χ0) is 13.6. The molecule has 0 aromatic heterocycles. The molecule has 3 nitrogen and oxygen atoms in total. The Bertz CT molecular complexity index is 276. The van der Waals surface area contributed by atoms with Crippen molar-refractivity contribution in [2.24, 2.45) is 5.92 Å². The van der Waals surface area contributed by atoms with E-state index in [9.17, 15) is 0 Å². The van der Waals surface area contributed by atoms with Crippen molar-refractivity contribution in [3.8, 4) is 0 Å². The number of hydrogen-bond donors (Lipinski definition) is 1. The standard InChI is InChI=1S/C17H32N2O/c1-2-7-17-15(5-1)6-3-12-19(17)13-4-14-20-16-8-10-18-11-9-16/h15-18H,1-14H2. The van der Waals surface area contributed by atoms with E-state index >= 15 is 0 Å². The molecule has 3 heteroatoms. The van der Waals surface area contributed by atoms with E-state index in [4.69, 9.17) is 4.74 Å². The highest BCUT2D eigenvalue weighted by molar-refractivity contribution is 4.87. The highest BCUT2D eigenvalue weighted by atomic mass is 16.5. The predicted molar refractivity (Wildman–Crippen MR) is 83.0 cm³/mol. The lowest BCUT2D eigenvalue weighted by Crippen LogP contribution is -2.47. The first-order valence-corrected chi connectivity index (χ1v) is 9.00. The Morgan fingerprint density at radius 1 is 0.950 bits per heavy atom. The largest absolute Gasteiger partial charge is 0.378 e. The van der Waals surface area contributed by atoms with Crippen LogP contribution in [0.4, 0.5) is 0 Å². The number of ether oxygens (including phenoxy) is 1. The minimum atomic E-state index is 0.528. The number of likely N-dealkylation sites (tertiary alicyclic amines) is 1. The van der Waals surface area contributed by atoms with Gasteiger partial charge in [-0.1, -0.05) is 12.8 Å². The Balaban J connectivity index is 1.34. The molecule has 3 fully saturated rings. The highest BCUT2D eigenvalue weighted by Gasteiger charge is 2.32. The van der Waals surface area contributed by atoms with Crippen molar-refractivity contribution in [2.45, 2.75) is 69.9 Å². The zero-order valence-corrected chi connectivity index (χ0v) is 13.0. The van der Waals surface area contributed by atoms with Crippen molar-refractivity contribution in [1.29, 1.82) is 0 Å². The molecule has 2 atom stereocenters. The van der Waals surface area contributed by atoms with Gasteiger partial charge < -0.3 is 15.0 Å². The van der Waals surface area contributed by atoms with E-state index in [1.165, 1.54) is 70.9 Å². The van der Waals surface area contributed by atoms with Crippen LogP contribution in [0.2, 0.25) is 0 Å². The number of rotatable bonds is 5. The summed E-state index contributed by atoms with van der Waals surface area (Å²) >= 11 is 0. The molecule has 2 heterocycles. The van der Waals surface area contributed by atoms with Gasteiger partial charge in [-0.3, -0.25) is 0 Å². The molecule has 1 N–H and O–H groups in total. The summed E-state index contributed by atoms with van der Waals surface area (Å²) in [5, 5.41) is 3.40. The lowest BCUT2D eigenvalue weighted by Gasteiger charge is -2.44. The fourth-order valence-corrected chi connectivity index (χ4v) is 4.49. The van der Waals surface area contributed by atoms with Crippen LogP contribution in [-0.2, 0) is 4.74 Å². The molecule has 20 heavy (non-hydrogen) atoms. The van der Waals surface area contributed by atoms with Gasteiger partial charge in [0, 0.05) is 19.2 Å². The number of hydrogen-bond acceptors (Lipinski definition) is 3. The SMILES string of the molecule is C1CCC2C(C1)CCCN2CCCOC1CCNCC1. The van der Waals surface area contributed by atoms with Crippen LogP contribution in [0.1, 0.15) is 57.8 Å². The highest BCUT2D eigenvalue weighted by Crippen LogP contribution is 2.35. The summed E-state index contributed by atoms with van der Waals surface area (Å²) in [5.41, 5.74) is 0. The monoisotopic (exact) mass is 280 g/mol. The summed E-state index contributed by atoms with van der Waals surface area (Å²) in [6.45, 7) is 5.86. The number of nitrogens with one attached hydrogen (secondary N) is 1. The number of nitrogens with zero attached hydrogens (tertiary/aromatic N) is 1. The molecule has 2 unspecified atom stereocenters. The molecule has 0 aromatic carbocycles. The van der Waals surface area contributed by atoms with Gasteiger partial charge in [-0.05, 0) is 70.5 Å². The molecule has 0 bridgehead atoms. The summed E-state index contributed by atoms with van der Waals surface area (Å²) in [6, 6.07) is 0.913. The van der Waals surface area contributed by atoms with Crippen LogP contribution in [0.25, 0.3) is 0 Å². The average Bonchev–Trinajstić information content (AvgIpc) is 2.53. The van der Waals surface area contributed by atoms with E-state index in [1.54, 1.807) is 0 Å². The van der Waals surface area contributed by atoms with Gasteiger partial charge in [-0.2, -0.15) is 0 Å². The van der Waals surface area contributed by atoms with Crippen molar-refractivity contribution >= 4 is 0 Å². The predicted octanol–water partition coefficient (Wildman–Crippen LogP) is 2.80. The molecule has 0 spiro atoms. The molecule has 2 saturated heterocycles. The molecule has 3 rings (SSSR count). The fraction of sp³-hybridized carbons (Fsp3) is 1.00. The summed E-state index contributed by atoms with van der Waals surface area (Å²) in [7, 11) is 0. The van der Waals surface area contributed by atoms with Gasteiger partial charge >= 0.3 is 0 Å². The van der Waals surface area contributed by atoms with Crippen LogP contribution in [-0.4, -0.2) is 49.8 Å². The molecule has 3 aliphatic rings. The van der Waals surface area contributed by atoms with Gasteiger partial charge in [0.25, 0.3) is 0 Å². The van der Waals surface area contributed by atoms with Gasteiger partial charge in [0.05, 0.1) is 6.10 Å². The van der Waals surface area contributed by atoms with Crippen molar-refractivity contribution < 1.29 is 4.74 Å². The third-order valence-electron chi connectivity index (χ3n) is 5.59. The Kier molecular flexibility index (Phi) is 5.75. The van der Waals surface area contributed by atoms with Gasteiger partial charge in [-0.15, -0.1) is 0 Å². The quantitative estimate of drug-likeness (QED) is 0.784. The van der Waals surface area contributed by atoms with Gasteiger partial charge in [0.1, 0.15) is 0 Å². The maximum Gasteiger partial charge on any atom is 0.0599 e. The van der Waals surface area contributed by atoms with Crippen LogP contribution < -0.4 is 5.32 Å². The Morgan fingerprint density at radius 3 is 2.65 bits per heavy atom. The first-order chi connectivity index (χ1) is 9.93. The van der Waals surface area contributed by atoms with Crippen molar-refractivity contribution in [2.75, 3.05) is 32.8 Å². The third kappa shape index (κ3) is 3.96. The fourth-order valence-electron chi connectivity index (χ4n) is 4.49. The van der Waals surface area contributed by atoms with Crippen LogP contribution >= 0.6 is 0 Å². The van der Waals surface area contributed by atoms with Crippen molar-refractivity contribution in [3.63, 3.8) is 0 Å². The molecular formula is C17H32N2O. The lowest BCUT2D eigenvalue weighted by atomic mass is 9.78. The van der Waals surface area contributed by atoms with Crippen molar-refractivity contribution in [3.05, 3.63) is 0 Å². The molecule has 116 valence electrons. The Labute approximate surface area is 124 Å². The Morgan fingerprint density at radius 2 is 1.75 bits per heavy atom. The van der Waals surface area contributed by atoms with Gasteiger partial charge in [0.2, 0.25) is 0 Å². The van der Waals surface area contributed by atoms with Crippen molar-refractivity contribution in [1.82, 2.24) is 10.2 Å². The molecule has 0 aromatic rings. The van der Waals surface area contributed by atoms with Gasteiger partial charge in [0.15, 0.2) is 0 Å². The minimum Gasteiger partial charge on any atom is -0.378 e. The van der Waals surface area contributed by atoms with Crippen LogP contribution in [0.3, 0.4) is 0 Å². The first-order valence-electron chi connectivity index (χ1n) is 9.00. The van der Waals surface area contributed by atoms with E-state index in [2.05, 4.69) is 10.2 Å². The zero-order valence-electron chi connectivity index (χ0n) is 13.0. The maximum absolute atomic E-state index is 6.04. The first kappa shape index (κ1) is 14.8. The van der Waals surface area contributed by atoms with E-state index in [0.29, 0.717) is 6.10 Å². The van der Waals surface area contributed by atoms with E-state index in [-0.39, 0.29) is 0 Å². The second kappa shape index (κ2) is 7.77. The molecular weight excluding hydrogens is 248 g/mol. The lowest BCUT2D eigenvalue weighted by molar-refractivity contribution is 0.0147. The summed E-state index contributed by atoms with van der Waals surface area (Å²) in [5.74, 6) is 1.02. The topological polar surface area (TPSA) is 24.5 Å². The van der Waals surface area contributed by atoms with Crippen LogP contribution in [0.5, 0.6) is 0 Å². The minimum absolute atomic E-state index is 0.528. The number of fused-ring (bicyclic) bond motifs is 1. The maximum atomic E-state index is 6.04. The third-order valence-corrected chi connectivity index (χ3v) is 5.59. The molecule has 1 saturated carbocycles. The van der Waals surface area contributed by atoms with Crippen LogP contribution in [0.15, 0.2) is 0 Å². The van der Waals surface area contributed by atoms with Gasteiger partial charge in [-0.25, -0.2) is 0 Å². The average molecular weight is 280 g/mol. The van der Waals surface area contributed by atoms with E-state index in [1.807, 2.05) is 0 Å². The summed E-state index contributed by atoms with van der Waals surface area (Å²) in [6.07, 6.45) is 13.0. The normalized spacial score (nSPS) is 33.0. The summed E-state index contributed by atoms with van der Waals surface area (Å²) < 4.78 is 6.04. The Hall–Kier alpha value is -0.120. The van der Waals surface area contributed by atoms with Crippen LogP contribution in [0, 0.1) is 5.92 Å².